The zero-order valence-electron chi connectivity index (χ0n) is 8.12. The maximum absolute atomic E-state index is 12.5. The maximum atomic E-state index is 12.5. The first-order valence-electron chi connectivity index (χ1n) is 4.11. The van der Waals surface area contributed by atoms with Crippen molar-refractivity contribution in [3.05, 3.63) is 18.6 Å². The molecule has 1 rings (SSSR count). The van der Waals surface area contributed by atoms with Crippen LogP contribution in [0.5, 0.6) is 0 Å². The molecule has 0 amide bonds. The van der Waals surface area contributed by atoms with E-state index in [4.69, 9.17) is 5.11 Å². The van der Waals surface area contributed by atoms with E-state index in [1.165, 1.54) is 6.20 Å². The molecular weight excluding hydrogens is 227 g/mol. The van der Waals surface area contributed by atoms with Crippen LogP contribution in [0.2, 0.25) is 0 Å². The normalized spacial score (nSPS) is 15.2. The average Bonchev–Trinajstić information content (AvgIpc) is 2.17. The summed E-state index contributed by atoms with van der Waals surface area (Å²) in [4.78, 5) is 17.7. The van der Waals surface area contributed by atoms with Crippen LogP contribution >= 0.6 is 0 Å². The van der Waals surface area contributed by atoms with E-state index in [2.05, 4.69) is 9.97 Å². The van der Waals surface area contributed by atoms with Crippen LogP contribution in [-0.2, 0) is 4.79 Å². The van der Waals surface area contributed by atoms with Crippen molar-refractivity contribution in [2.24, 2.45) is 0 Å². The van der Waals surface area contributed by atoms with E-state index in [0.717, 1.165) is 12.4 Å². The summed E-state index contributed by atoms with van der Waals surface area (Å²) in [7, 11) is 0. The Balaban J connectivity index is 3.03. The highest BCUT2D eigenvalue weighted by molar-refractivity contribution is 5.83. The highest BCUT2D eigenvalue weighted by atomic mass is 19.4. The number of hydrogen-bond acceptors (Lipinski definition) is 4. The molecule has 0 aliphatic heterocycles. The average molecular weight is 235 g/mol. The first-order chi connectivity index (χ1) is 7.27. The Bertz CT molecular complexity index is 382. The standard InChI is InChI=1S/C8H8F3N3O2/c1-7(6(15)16,8(9,10)11)14-5-4-12-2-3-13-5/h2-4H,1H3,(H,13,14)(H,15,16). The number of carboxylic acids is 1. The third-order valence-electron chi connectivity index (χ3n) is 1.94. The third-order valence-corrected chi connectivity index (χ3v) is 1.94. The number of nitrogens with zero attached hydrogens (tertiary/aromatic N) is 2. The summed E-state index contributed by atoms with van der Waals surface area (Å²) in [5, 5.41) is 10.4. The number of rotatable bonds is 3. The fourth-order valence-electron chi connectivity index (χ4n) is 0.865. The van der Waals surface area contributed by atoms with E-state index in [1.807, 2.05) is 0 Å². The van der Waals surface area contributed by atoms with Gasteiger partial charge in [0.15, 0.2) is 0 Å². The summed E-state index contributed by atoms with van der Waals surface area (Å²) < 4.78 is 37.6. The van der Waals surface area contributed by atoms with Gasteiger partial charge in [0.05, 0.1) is 6.20 Å². The predicted molar refractivity (Wildman–Crippen MR) is 47.8 cm³/mol. The van der Waals surface area contributed by atoms with Gasteiger partial charge in [0.25, 0.3) is 0 Å². The van der Waals surface area contributed by atoms with Crippen molar-refractivity contribution >= 4 is 11.8 Å². The largest absolute Gasteiger partial charge is 0.479 e. The molecule has 0 fully saturated rings. The van der Waals surface area contributed by atoms with Gasteiger partial charge in [0.1, 0.15) is 5.82 Å². The van der Waals surface area contributed by atoms with Crippen LogP contribution in [0.25, 0.3) is 0 Å². The summed E-state index contributed by atoms with van der Waals surface area (Å²) in [5.41, 5.74) is -3.09. The Kier molecular flexibility index (Phi) is 3.02. The molecule has 1 aromatic rings. The zero-order chi connectivity index (χ0) is 12.4. The molecule has 0 saturated carbocycles. The summed E-state index contributed by atoms with van der Waals surface area (Å²) in [6.07, 6.45) is -1.53. The number of alkyl halides is 3. The van der Waals surface area contributed by atoms with Crippen LogP contribution in [0.3, 0.4) is 0 Å². The number of aromatic nitrogens is 2. The van der Waals surface area contributed by atoms with Crippen LogP contribution in [0, 0.1) is 0 Å². The minimum absolute atomic E-state index is 0.260. The fraction of sp³-hybridized carbons (Fsp3) is 0.375. The van der Waals surface area contributed by atoms with Crippen LogP contribution in [0.1, 0.15) is 6.92 Å². The lowest BCUT2D eigenvalue weighted by Gasteiger charge is -2.28. The number of hydrogen-bond donors (Lipinski definition) is 2. The van der Waals surface area contributed by atoms with Gasteiger partial charge in [-0.2, -0.15) is 13.2 Å². The molecule has 2 N–H and O–H groups in total. The molecule has 1 unspecified atom stereocenters. The van der Waals surface area contributed by atoms with E-state index < -0.39 is 17.7 Å². The molecule has 0 bridgehead atoms. The minimum atomic E-state index is -4.95. The number of halogens is 3. The Morgan fingerprint density at radius 2 is 2.06 bits per heavy atom. The van der Waals surface area contributed by atoms with Gasteiger partial charge in [-0.3, -0.25) is 4.98 Å². The van der Waals surface area contributed by atoms with Crippen molar-refractivity contribution in [3.63, 3.8) is 0 Å². The molecule has 0 aliphatic rings. The Hall–Kier alpha value is -1.86. The molecule has 5 nitrogen and oxygen atoms in total. The van der Waals surface area contributed by atoms with Crippen molar-refractivity contribution in [1.82, 2.24) is 9.97 Å². The topological polar surface area (TPSA) is 75.1 Å². The number of carbonyl (C=O) groups is 1. The lowest BCUT2D eigenvalue weighted by Crippen LogP contribution is -2.55. The first-order valence-corrected chi connectivity index (χ1v) is 4.11. The maximum Gasteiger partial charge on any atom is 0.422 e. The Morgan fingerprint density at radius 1 is 1.44 bits per heavy atom. The van der Waals surface area contributed by atoms with E-state index in [9.17, 15) is 18.0 Å². The third kappa shape index (κ3) is 2.20. The lowest BCUT2D eigenvalue weighted by molar-refractivity contribution is -0.192. The molecular formula is C8H8F3N3O2. The Morgan fingerprint density at radius 3 is 2.44 bits per heavy atom. The molecule has 0 saturated heterocycles. The van der Waals surface area contributed by atoms with Gasteiger partial charge in [-0.1, -0.05) is 0 Å². The lowest BCUT2D eigenvalue weighted by atomic mass is 10.0. The molecule has 0 spiro atoms. The fourth-order valence-corrected chi connectivity index (χ4v) is 0.865. The Labute approximate surface area is 88.3 Å². The number of aliphatic carboxylic acids is 1. The van der Waals surface area contributed by atoms with Crippen molar-refractivity contribution in [2.45, 2.75) is 18.6 Å². The number of carboxylic acid groups (broad SMARTS) is 1. The second kappa shape index (κ2) is 3.95. The predicted octanol–water partition coefficient (Wildman–Crippen LogP) is 1.29. The summed E-state index contributed by atoms with van der Waals surface area (Å²) >= 11 is 0. The van der Waals surface area contributed by atoms with Crippen molar-refractivity contribution in [1.29, 1.82) is 0 Å². The van der Waals surface area contributed by atoms with Gasteiger partial charge < -0.3 is 10.4 Å². The second-order valence-corrected chi connectivity index (χ2v) is 3.14. The van der Waals surface area contributed by atoms with Crippen molar-refractivity contribution < 1.29 is 23.1 Å². The van der Waals surface area contributed by atoms with Crippen molar-refractivity contribution in [2.75, 3.05) is 5.32 Å². The summed E-state index contributed by atoms with van der Waals surface area (Å²) in [6, 6.07) is 0. The highest BCUT2D eigenvalue weighted by Gasteiger charge is 2.57. The van der Waals surface area contributed by atoms with Gasteiger partial charge in [-0.05, 0) is 6.92 Å². The molecule has 1 atom stereocenters. The monoisotopic (exact) mass is 235 g/mol. The smallest absolute Gasteiger partial charge is 0.422 e. The van der Waals surface area contributed by atoms with Gasteiger partial charge in [0.2, 0.25) is 5.54 Å². The second-order valence-electron chi connectivity index (χ2n) is 3.14. The molecule has 16 heavy (non-hydrogen) atoms. The number of anilines is 1. The molecule has 1 aromatic heterocycles. The van der Waals surface area contributed by atoms with Crippen LogP contribution < -0.4 is 5.32 Å². The first kappa shape index (κ1) is 12.2. The molecule has 0 radical (unpaired) electrons. The van der Waals surface area contributed by atoms with Crippen LogP contribution in [0.4, 0.5) is 19.0 Å². The van der Waals surface area contributed by atoms with E-state index >= 15 is 0 Å². The molecule has 88 valence electrons. The van der Waals surface area contributed by atoms with Crippen LogP contribution in [-0.4, -0.2) is 32.8 Å². The number of nitrogens with one attached hydrogen (secondary N) is 1. The van der Waals surface area contributed by atoms with Crippen LogP contribution in [0.15, 0.2) is 18.6 Å². The van der Waals surface area contributed by atoms with E-state index in [0.29, 0.717) is 6.92 Å². The van der Waals surface area contributed by atoms with Gasteiger partial charge in [0, 0.05) is 12.4 Å². The van der Waals surface area contributed by atoms with E-state index in [1.54, 1.807) is 5.32 Å². The SMILES string of the molecule is CC(Nc1cnccn1)(C(=O)O)C(F)(F)F. The van der Waals surface area contributed by atoms with Gasteiger partial charge in [-0.15, -0.1) is 0 Å². The van der Waals surface area contributed by atoms with Crippen molar-refractivity contribution in [3.8, 4) is 0 Å². The quantitative estimate of drug-likeness (QED) is 0.825. The van der Waals surface area contributed by atoms with Gasteiger partial charge >= 0.3 is 12.1 Å². The molecule has 8 heteroatoms. The molecule has 1 heterocycles. The zero-order valence-corrected chi connectivity index (χ0v) is 8.12. The summed E-state index contributed by atoms with van der Waals surface area (Å²) in [6.45, 7) is 0.518. The van der Waals surface area contributed by atoms with Gasteiger partial charge in [-0.25, -0.2) is 9.78 Å². The molecule has 0 aliphatic carbocycles. The minimum Gasteiger partial charge on any atom is -0.479 e. The van der Waals surface area contributed by atoms with E-state index in [-0.39, 0.29) is 5.82 Å². The highest BCUT2D eigenvalue weighted by Crippen LogP contribution is 2.32. The molecule has 0 aromatic carbocycles. The summed E-state index contributed by atoms with van der Waals surface area (Å²) in [5.74, 6) is -2.30.